The first-order chi connectivity index (χ1) is 8.99. The Morgan fingerprint density at radius 1 is 1.42 bits per heavy atom. The molecule has 0 spiro atoms. The van der Waals surface area contributed by atoms with Gasteiger partial charge in [-0.2, -0.15) is 0 Å². The second kappa shape index (κ2) is 6.63. The number of rotatable bonds is 5. The van der Waals surface area contributed by atoms with Crippen LogP contribution in [-0.4, -0.2) is 31.6 Å². The summed E-state index contributed by atoms with van der Waals surface area (Å²) < 4.78 is 10.4. The molecule has 0 bridgehead atoms. The minimum atomic E-state index is -0.721. The summed E-state index contributed by atoms with van der Waals surface area (Å²) in [5, 5.41) is 2.47. The van der Waals surface area contributed by atoms with Crippen molar-refractivity contribution < 1.29 is 19.1 Å². The third kappa shape index (κ3) is 3.87. The fourth-order valence-corrected chi connectivity index (χ4v) is 1.47. The molecule has 1 aromatic rings. The van der Waals surface area contributed by atoms with Gasteiger partial charge < -0.3 is 20.5 Å². The molecule has 1 aromatic carbocycles. The van der Waals surface area contributed by atoms with E-state index in [1.54, 1.807) is 26.0 Å². The molecule has 0 aliphatic rings. The first kappa shape index (κ1) is 14.8. The smallest absolute Gasteiger partial charge is 0.341 e. The highest BCUT2D eigenvalue weighted by molar-refractivity contribution is 5.93. The first-order valence-corrected chi connectivity index (χ1v) is 5.94. The molecule has 3 N–H and O–H groups in total. The minimum absolute atomic E-state index is 0.206. The van der Waals surface area contributed by atoms with Crippen molar-refractivity contribution in [1.29, 1.82) is 0 Å². The Hall–Kier alpha value is -2.24. The average molecular weight is 266 g/mol. The molecule has 0 fully saturated rings. The topological polar surface area (TPSA) is 90.7 Å². The monoisotopic (exact) mass is 266 g/mol. The number of carbonyl (C=O) groups is 2. The van der Waals surface area contributed by atoms with Crippen LogP contribution in [0.3, 0.4) is 0 Å². The van der Waals surface area contributed by atoms with Crippen LogP contribution < -0.4 is 15.8 Å². The van der Waals surface area contributed by atoms with Crippen molar-refractivity contribution in [3.8, 4) is 5.75 Å². The van der Waals surface area contributed by atoms with Gasteiger partial charge in [0.25, 0.3) is 5.91 Å². The number of nitrogens with one attached hydrogen (secondary N) is 1. The molecular formula is C13H18N2O4. The molecule has 1 rings (SSSR count). The second-order valence-corrected chi connectivity index (χ2v) is 3.85. The van der Waals surface area contributed by atoms with Gasteiger partial charge in [0, 0.05) is 12.7 Å². The Kier molecular flexibility index (Phi) is 5.17. The van der Waals surface area contributed by atoms with E-state index >= 15 is 0 Å². The highest BCUT2D eigenvalue weighted by atomic mass is 16.5. The van der Waals surface area contributed by atoms with E-state index < -0.39 is 12.1 Å². The van der Waals surface area contributed by atoms with E-state index in [9.17, 15) is 9.59 Å². The van der Waals surface area contributed by atoms with E-state index in [2.05, 4.69) is 5.32 Å². The van der Waals surface area contributed by atoms with Gasteiger partial charge in [0.15, 0.2) is 6.10 Å². The fourth-order valence-electron chi connectivity index (χ4n) is 1.47. The van der Waals surface area contributed by atoms with Gasteiger partial charge in [0.05, 0.1) is 6.61 Å². The zero-order valence-corrected chi connectivity index (χ0v) is 11.2. The number of esters is 1. The van der Waals surface area contributed by atoms with E-state index in [1.807, 2.05) is 0 Å². The molecule has 0 saturated heterocycles. The van der Waals surface area contributed by atoms with Crippen LogP contribution in [0.5, 0.6) is 5.75 Å². The summed E-state index contributed by atoms with van der Waals surface area (Å²) >= 11 is 0. The summed E-state index contributed by atoms with van der Waals surface area (Å²) in [4.78, 5) is 23.2. The van der Waals surface area contributed by atoms with Crippen molar-refractivity contribution in [3.63, 3.8) is 0 Å². The predicted octanol–water partition coefficient (Wildman–Crippen LogP) is 0.959. The quantitative estimate of drug-likeness (QED) is 0.612. The minimum Gasteiger partial charge on any atom is -0.480 e. The number of nitrogen functional groups attached to an aromatic ring is 1. The maximum absolute atomic E-state index is 11.8. The molecule has 1 atom stereocenters. The molecule has 1 amide bonds. The molecular weight excluding hydrogens is 248 g/mol. The van der Waals surface area contributed by atoms with Crippen molar-refractivity contribution in [2.75, 3.05) is 19.4 Å². The van der Waals surface area contributed by atoms with Gasteiger partial charge in [-0.15, -0.1) is 0 Å². The highest BCUT2D eigenvalue weighted by Gasteiger charge is 2.19. The number of benzene rings is 1. The molecule has 1 unspecified atom stereocenters. The van der Waals surface area contributed by atoms with Crippen molar-refractivity contribution >= 4 is 17.6 Å². The average Bonchev–Trinajstić information content (AvgIpc) is 2.39. The number of likely N-dealkylation sites (N-methyl/N-ethyl adjacent to an activating group) is 1. The van der Waals surface area contributed by atoms with Crippen LogP contribution in [0.2, 0.25) is 0 Å². The lowest BCUT2D eigenvalue weighted by molar-refractivity contribution is -0.126. The molecule has 0 aliphatic heterocycles. The van der Waals surface area contributed by atoms with Gasteiger partial charge in [0.1, 0.15) is 11.3 Å². The lowest BCUT2D eigenvalue weighted by Crippen LogP contribution is -2.34. The Balaban J connectivity index is 3.00. The first-order valence-electron chi connectivity index (χ1n) is 5.94. The Morgan fingerprint density at radius 2 is 2.11 bits per heavy atom. The predicted molar refractivity (Wildman–Crippen MR) is 71.0 cm³/mol. The number of amides is 1. The molecule has 0 aliphatic carbocycles. The summed E-state index contributed by atoms with van der Waals surface area (Å²) in [6, 6.07) is 4.60. The largest absolute Gasteiger partial charge is 0.480 e. The molecule has 0 heterocycles. The number of hydrogen-bond donors (Lipinski definition) is 2. The van der Waals surface area contributed by atoms with Gasteiger partial charge in [-0.3, -0.25) is 4.79 Å². The Bertz CT molecular complexity index is 474. The summed E-state index contributed by atoms with van der Waals surface area (Å²) in [5.74, 6) is -0.552. The van der Waals surface area contributed by atoms with Crippen LogP contribution in [0.4, 0.5) is 5.69 Å². The van der Waals surface area contributed by atoms with Crippen molar-refractivity contribution in [3.05, 3.63) is 23.8 Å². The van der Waals surface area contributed by atoms with E-state index in [1.165, 1.54) is 13.1 Å². The number of anilines is 1. The number of nitrogens with two attached hydrogens (primary N) is 1. The second-order valence-electron chi connectivity index (χ2n) is 3.85. The molecule has 0 radical (unpaired) electrons. The van der Waals surface area contributed by atoms with E-state index in [-0.39, 0.29) is 23.8 Å². The lowest BCUT2D eigenvalue weighted by atomic mass is 10.1. The molecule has 104 valence electrons. The van der Waals surface area contributed by atoms with Crippen molar-refractivity contribution in [2.24, 2.45) is 0 Å². The summed E-state index contributed by atoms with van der Waals surface area (Å²) in [6.45, 7) is 3.54. The third-order valence-electron chi connectivity index (χ3n) is 2.42. The van der Waals surface area contributed by atoms with Gasteiger partial charge >= 0.3 is 5.97 Å². The number of carbonyl (C=O) groups excluding carboxylic acids is 2. The molecule has 19 heavy (non-hydrogen) atoms. The zero-order valence-electron chi connectivity index (χ0n) is 11.2. The van der Waals surface area contributed by atoms with Gasteiger partial charge in [-0.1, -0.05) is 0 Å². The number of hydrogen-bond acceptors (Lipinski definition) is 5. The van der Waals surface area contributed by atoms with Crippen molar-refractivity contribution in [2.45, 2.75) is 20.0 Å². The van der Waals surface area contributed by atoms with E-state index in [0.717, 1.165) is 0 Å². The van der Waals surface area contributed by atoms with Gasteiger partial charge in [0.2, 0.25) is 0 Å². The third-order valence-corrected chi connectivity index (χ3v) is 2.42. The maximum atomic E-state index is 11.8. The van der Waals surface area contributed by atoms with Crippen LogP contribution >= 0.6 is 0 Å². The maximum Gasteiger partial charge on any atom is 0.341 e. The highest BCUT2D eigenvalue weighted by Crippen LogP contribution is 2.23. The Labute approximate surface area is 111 Å². The normalized spacial score (nSPS) is 11.5. The van der Waals surface area contributed by atoms with Crippen LogP contribution in [-0.2, 0) is 9.53 Å². The molecule has 6 heteroatoms. The molecule has 0 saturated carbocycles. The summed E-state index contributed by atoms with van der Waals surface area (Å²) in [5.41, 5.74) is 6.26. The molecule has 0 aromatic heterocycles. The van der Waals surface area contributed by atoms with Crippen LogP contribution in [0.25, 0.3) is 0 Å². The van der Waals surface area contributed by atoms with Crippen molar-refractivity contribution in [1.82, 2.24) is 5.32 Å². The zero-order chi connectivity index (χ0) is 14.4. The van der Waals surface area contributed by atoms with E-state index in [4.69, 9.17) is 15.2 Å². The SMILES string of the molecule is CCOC(=O)c1cc(N)ccc1OC(C)C(=O)NC. The summed E-state index contributed by atoms with van der Waals surface area (Å²) in [6.07, 6.45) is -0.721. The van der Waals surface area contributed by atoms with Crippen LogP contribution in [0.15, 0.2) is 18.2 Å². The lowest BCUT2D eigenvalue weighted by Gasteiger charge is -2.16. The van der Waals surface area contributed by atoms with Crippen LogP contribution in [0.1, 0.15) is 24.2 Å². The standard InChI is InChI=1S/C13H18N2O4/c1-4-18-13(17)10-7-9(14)5-6-11(10)19-8(2)12(16)15-3/h5-8H,4,14H2,1-3H3,(H,15,16). The van der Waals surface area contributed by atoms with E-state index in [0.29, 0.717) is 5.69 Å². The van der Waals surface area contributed by atoms with Gasteiger partial charge in [-0.05, 0) is 32.0 Å². The van der Waals surface area contributed by atoms with Crippen LogP contribution in [0, 0.1) is 0 Å². The fraction of sp³-hybridized carbons (Fsp3) is 0.385. The molecule has 6 nitrogen and oxygen atoms in total. The Morgan fingerprint density at radius 3 is 2.68 bits per heavy atom. The summed E-state index contributed by atoms with van der Waals surface area (Å²) in [7, 11) is 1.51. The number of ether oxygens (including phenoxy) is 2. The van der Waals surface area contributed by atoms with Gasteiger partial charge in [-0.25, -0.2) is 4.79 Å².